The van der Waals surface area contributed by atoms with E-state index in [9.17, 15) is 31.2 Å². The summed E-state index contributed by atoms with van der Waals surface area (Å²) in [6, 6.07) is 6.11. The van der Waals surface area contributed by atoms with Crippen LogP contribution in [0.1, 0.15) is 35.5 Å². The largest absolute Gasteiger partial charge is 0.433 e. The van der Waals surface area contributed by atoms with E-state index in [1.807, 2.05) is 13.0 Å². The minimum Gasteiger partial charge on any atom is -0.383 e. The number of alkyl halides is 3. The maximum absolute atomic E-state index is 13.0. The molecular formula is C21H22F3N5O4S2. The van der Waals surface area contributed by atoms with Gasteiger partial charge in [0.15, 0.2) is 0 Å². The van der Waals surface area contributed by atoms with E-state index < -0.39 is 27.8 Å². The Morgan fingerprint density at radius 3 is 2.66 bits per heavy atom. The Morgan fingerprint density at radius 2 is 1.94 bits per heavy atom. The molecule has 0 radical (unpaired) electrons. The SMILES string of the molecule is Cc1cc(Nc2nccc(C(F)(F)F)n2)cc(-c2cnc(C3(O)CCCN(S(=O)(=O)O)CC3)s2)c1. The maximum atomic E-state index is 13.0. The monoisotopic (exact) mass is 529 g/mol. The second-order valence-corrected chi connectivity index (χ2v) is 10.7. The first-order chi connectivity index (χ1) is 16.3. The van der Waals surface area contributed by atoms with E-state index in [-0.39, 0.29) is 31.9 Å². The molecule has 1 saturated heterocycles. The number of thiazole rings is 1. The Kier molecular flexibility index (Phi) is 6.85. The topological polar surface area (TPSA) is 129 Å². The molecule has 1 atom stereocenters. The van der Waals surface area contributed by atoms with Gasteiger partial charge in [-0.05, 0) is 55.5 Å². The number of aromatic nitrogens is 3. The van der Waals surface area contributed by atoms with Crippen LogP contribution in [0.25, 0.3) is 10.4 Å². The predicted octanol–water partition coefficient (Wildman–Crippen LogP) is 4.15. The molecule has 9 nitrogen and oxygen atoms in total. The zero-order valence-corrected chi connectivity index (χ0v) is 20.1. The molecule has 0 amide bonds. The molecule has 188 valence electrons. The average molecular weight is 530 g/mol. The van der Waals surface area contributed by atoms with Crippen molar-refractivity contribution in [2.75, 3.05) is 18.4 Å². The molecule has 1 aromatic carbocycles. The van der Waals surface area contributed by atoms with Crippen molar-refractivity contribution in [3.8, 4) is 10.4 Å². The molecule has 1 aliphatic rings. The molecule has 1 unspecified atom stereocenters. The first-order valence-corrected chi connectivity index (χ1v) is 12.8. The van der Waals surface area contributed by atoms with Gasteiger partial charge in [-0.15, -0.1) is 11.3 Å². The number of nitrogens with one attached hydrogen (secondary N) is 1. The Bertz CT molecular complexity index is 1330. The van der Waals surface area contributed by atoms with Crippen LogP contribution in [-0.4, -0.2) is 50.4 Å². The molecule has 1 fully saturated rings. The molecule has 3 N–H and O–H groups in total. The smallest absolute Gasteiger partial charge is 0.383 e. The zero-order chi connectivity index (χ0) is 25.4. The number of rotatable bonds is 5. The molecule has 0 aliphatic carbocycles. The second kappa shape index (κ2) is 9.43. The molecule has 3 aromatic rings. The van der Waals surface area contributed by atoms with Crippen LogP contribution in [0.2, 0.25) is 0 Å². The molecule has 14 heteroatoms. The number of hydrogen-bond donors (Lipinski definition) is 3. The van der Waals surface area contributed by atoms with Gasteiger partial charge >= 0.3 is 16.5 Å². The Balaban J connectivity index is 1.57. The fourth-order valence-corrected chi connectivity index (χ4v) is 5.60. The van der Waals surface area contributed by atoms with Crippen LogP contribution in [0.4, 0.5) is 24.8 Å². The van der Waals surface area contributed by atoms with Gasteiger partial charge in [-0.3, -0.25) is 4.55 Å². The van der Waals surface area contributed by atoms with E-state index in [4.69, 9.17) is 0 Å². The van der Waals surface area contributed by atoms with Crippen molar-refractivity contribution >= 4 is 33.3 Å². The van der Waals surface area contributed by atoms with Gasteiger partial charge in [0, 0.05) is 31.2 Å². The van der Waals surface area contributed by atoms with Crippen molar-refractivity contribution in [3.63, 3.8) is 0 Å². The molecule has 0 saturated carbocycles. The van der Waals surface area contributed by atoms with Crippen LogP contribution in [0.3, 0.4) is 0 Å². The quantitative estimate of drug-likeness (QED) is 0.421. The summed E-state index contributed by atoms with van der Waals surface area (Å²) in [7, 11) is -4.34. The minimum absolute atomic E-state index is 0.0419. The predicted molar refractivity (Wildman–Crippen MR) is 123 cm³/mol. The normalized spacial score (nSPS) is 19.9. The second-order valence-electron chi connectivity index (χ2n) is 8.27. The van der Waals surface area contributed by atoms with Crippen molar-refractivity contribution in [1.29, 1.82) is 0 Å². The van der Waals surface area contributed by atoms with E-state index in [1.165, 1.54) is 11.3 Å². The van der Waals surface area contributed by atoms with Gasteiger partial charge in [-0.1, -0.05) is 6.07 Å². The Morgan fingerprint density at radius 1 is 1.17 bits per heavy atom. The minimum atomic E-state index is -4.59. The third kappa shape index (κ3) is 5.95. The highest BCUT2D eigenvalue weighted by Gasteiger charge is 2.37. The summed E-state index contributed by atoms with van der Waals surface area (Å²) in [5, 5.41) is 14.4. The van der Waals surface area contributed by atoms with Gasteiger partial charge in [-0.2, -0.15) is 25.9 Å². The summed E-state index contributed by atoms with van der Waals surface area (Å²) in [5.41, 5.74) is -0.381. The van der Waals surface area contributed by atoms with Crippen LogP contribution in [-0.2, 0) is 22.1 Å². The zero-order valence-electron chi connectivity index (χ0n) is 18.4. The van der Waals surface area contributed by atoms with Crippen molar-refractivity contribution in [3.05, 3.63) is 52.9 Å². The van der Waals surface area contributed by atoms with E-state index >= 15 is 0 Å². The van der Waals surface area contributed by atoms with Gasteiger partial charge in [0.1, 0.15) is 16.3 Å². The van der Waals surface area contributed by atoms with E-state index in [2.05, 4.69) is 20.3 Å². The third-order valence-electron chi connectivity index (χ3n) is 5.57. The molecule has 0 bridgehead atoms. The van der Waals surface area contributed by atoms with Gasteiger partial charge in [0.05, 0.1) is 4.88 Å². The van der Waals surface area contributed by atoms with Crippen molar-refractivity contribution in [1.82, 2.24) is 19.3 Å². The number of halogens is 3. The Labute approximate surface area is 203 Å². The summed E-state index contributed by atoms with van der Waals surface area (Å²) < 4.78 is 72.0. The molecule has 1 aliphatic heterocycles. The maximum Gasteiger partial charge on any atom is 0.433 e. The van der Waals surface area contributed by atoms with E-state index in [1.54, 1.807) is 18.3 Å². The lowest BCUT2D eigenvalue weighted by atomic mass is 9.96. The summed E-state index contributed by atoms with van der Waals surface area (Å²) in [5.74, 6) is -0.197. The van der Waals surface area contributed by atoms with Crippen LogP contribution >= 0.6 is 11.3 Å². The van der Waals surface area contributed by atoms with Crippen LogP contribution < -0.4 is 5.32 Å². The lowest BCUT2D eigenvalue weighted by Crippen LogP contribution is -2.33. The summed E-state index contributed by atoms with van der Waals surface area (Å²) in [4.78, 5) is 12.5. The van der Waals surface area contributed by atoms with Gasteiger partial charge < -0.3 is 10.4 Å². The third-order valence-corrected chi connectivity index (χ3v) is 7.82. The highest BCUT2D eigenvalue weighted by Crippen LogP contribution is 2.39. The highest BCUT2D eigenvalue weighted by atomic mass is 32.2. The van der Waals surface area contributed by atoms with Crippen molar-refractivity contribution < 1.29 is 31.2 Å². The molecule has 35 heavy (non-hydrogen) atoms. The summed E-state index contributed by atoms with van der Waals surface area (Å²) in [6.45, 7) is 1.88. The molecule has 3 heterocycles. The van der Waals surface area contributed by atoms with E-state index in [0.29, 0.717) is 22.0 Å². The van der Waals surface area contributed by atoms with Crippen molar-refractivity contribution in [2.24, 2.45) is 0 Å². The first kappa shape index (κ1) is 25.4. The molecule has 2 aromatic heterocycles. The lowest BCUT2D eigenvalue weighted by molar-refractivity contribution is -0.141. The van der Waals surface area contributed by atoms with Gasteiger partial charge in [0.2, 0.25) is 5.95 Å². The summed E-state index contributed by atoms with van der Waals surface area (Å²) in [6.07, 6.45) is -1.27. The number of nitrogens with zero attached hydrogens (tertiary/aromatic N) is 4. The number of aryl methyl sites for hydroxylation is 1. The molecule has 4 rings (SSSR count). The fraction of sp³-hybridized carbons (Fsp3) is 0.381. The van der Waals surface area contributed by atoms with Gasteiger partial charge in [0.25, 0.3) is 0 Å². The number of aliphatic hydroxyl groups is 1. The number of anilines is 2. The van der Waals surface area contributed by atoms with E-state index in [0.717, 1.165) is 27.7 Å². The lowest BCUT2D eigenvalue weighted by Gasteiger charge is -2.23. The molecule has 0 spiro atoms. The van der Waals surface area contributed by atoms with Crippen LogP contribution in [0, 0.1) is 6.92 Å². The van der Waals surface area contributed by atoms with Crippen LogP contribution in [0.15, 0.2) is 36.7 Å². The fourth-order valence-electron chi connectivity index (χ4n) is 3.87. The average Bonchev–Trinajstić information content (AvgIpc) is 3.17. The summed E-state index contributed by atoms with van der Waals surface area (Å²) >= 11 is 1.24. The van der Waals surface area contributed by atoms with Crippen LogP contribution in [0.5, 0.6) is 0 Å². The number of hydrogen-bond acceptors (Lipinski definition) is 8. The Hall–Kier alpha value is -2.65. The van der Waals surface area contributed by atoms with Gasteiger partial charge in [-0.25, -0.2) is 15.0 Å². The molecular weight excluding hydrogens is 507 g/mol. The number of benzene rings is 1. The van der Waals surface area contributed by atoms with Crippen molar-refractivity contribution in [2.45, 2.75) is 38.0 Å². The highest BCUT2D eigenvalue weighted by molar-refractivity contribution is 7.83. The standard InChI is InChI=1S/C21H22F3N5O4S2/c1-13-9-14(11-15(10-13)27-19-25-6-3-17(28-19)21(22,23)24)16-12-26-18(34-16)20(30)4-2-7-29(8-5-20)35(31,32)33/h3,6,9-12,30H,2,4-5,7-8H2,1H3,(H,25,27,28)(H,31,32,33). The first-order valence-electron chi connectivity index (χ1n) is 10.5.